The average molecular weight is 309 g/mol. The molecule has 22 heavy (non-hydrogen) atoms. The molecule has 0 radical (unpaired) electrons. The molecular weight excluding hydrogens is 282 g/mol. The van der Waals surface area contributed by atoms with Gasteiger partial charge in [0, 0.05) is 5.56 Å². The number of hydrogen-bond donors (Lipinski definition) is 2. The van der Waals surface area contributed by atoms with Crippen molar-refractivity contribution in [3.8, 4) is 11.5 Å². The summed E-state index contributed by atoms with van der Waals surface area (Å²) in [6.45, 7) is 5.49. The predicted octanol–water partition coefficient (Wildman–Crippen LogP) is 3.33. The van der Waals surface area contributed by atoms with Crippen LogP contribution in [0.25, 0.3) is 0 Å². The monoisotopic (exact) mass is 309 g/mol. The van der Waals surface area contributed by atoms with Crippen molar-refractivity contribution < 1.29 is 19.9 Å². The van der Waals surface area contributed by atoms with Crippen LogP contribution in [0.4, 0.5) is 0 Å². The molecule has 0 spiro atoms. The third-order valence-electron chi connectivity index (χ3n) is 3.98. The fraction of sp³-hybridized carbons (Fsp3) is 0.647. The molecule has 1 aromatic rings. The Balaban J connectivity index is 2.04. The maximum absolute atomic E-state index is 9.96. The highest BCUT2D eigenvalue weighted by molar-refractivity contribution is 5.50. The molecule has 1 aliphatic carbocycles. The molecular formula is C17H27NO4. The molecule has 5 nitrogen and oxygen atoms in total. The highest BCUT2D eigenvalue weighted by Gasteiger charge is 2.28. The SMILES string of the molecule is CCCCON(OCCC)C1CCc2c(ccc(O)c2O)C1. The fourth-order valence-corrected chi connectivity index (χ4v) is 2.71. The number of benzene rings is 1. The van der Waals surface area contributed by atoms with Gasteiger partial charge in [-0.05, 0) is 43.7 Å². The van der Waals surface area contributed by atoms with Gasteiger partial charge in [-0.15, -0.1) is 0 Å². The van der Waals surface area contributed by atoms with E-state index in [1.54, 1.807) is 11.3 Å². The van der Waals surface area contributed by atoms with Crippen LogP contribution in [0.5, 0.6) is 11.5 Å². The van der Waals surface area contributed by atoms with E-state index in [2.05, 4.69) is 13.8 Å². The summed E-state index contributed by atoms with van der Waals surface area (Å²) < 4.78 is 0. The Kier molecular flexibility index (Phi) is 6.49. The molecule has 0 saturated carbocycles. The van der Waals surface area contributed by atoms with E-state index in [-0.39, 0.29) is 17.5 Å². The van der Waals surface area contributed by atoms with Gasteiger partial charge in [0.15, 0.2) is 11.5 Å². The van der Waals surface area contributed by atoms with Gasteiger partial charge in [0.05, 0.1) is 19.3 Å². The summed E-state index contributed by atoms with van der Waals surface area (Å²) in [5, 5.41) is 21.2. The van der Waals surface area contributed by atoms with Crippen LogP contribution < -0.4 is 0 Å². The maximum atomic E-state index is 9.96. The van der Waals surface area contributed by atoms with Gasteiger partial charge < -0.3 is 10.2 Å². The lowest BCUT2D eigenvalue weighted by Crippen LogP contribution is -2.40. The highest BCUT2D eigenvalue weighted by atomic mass is 16.9. The standard InChI is InChI=1S/C17H27NO4/c1-3-5-11-22-18(21-10-4-2)14-7-8-15-13(12-14)6-9-16(19)17(15)20/h6,9,14,19-20H,3-5,7-8,10-12H2,1-2H3. The molecule has 1 unspecified atom stereocenters. The zero-order valence-electron chi connectivity index (χ0n) is 13.5. The van der Waals surface area contributed by atoms with Crippen molar-refractivity contribution in [3.05, 3.63) is 23.3 Å². The third-order valence-corrected chi connectivity index (χ3v) is 3.98. The Morgan fingerprint density at radius 3 is 2.64 bits per heavy atom. The van der Waals surface area contributed by atoms with Crippen molar-refractivity contribution in [3.63, 3.8) is 0 Å². The summed E-state index contributed by atoms with van der Waals surface area (Å²) >= 11 is 0. The molecule has 1 aliphatic rings. The van der Waals surface area contributed by atoms with Gasteiger partial charge in [0.1, 0.15) is 0 Å². The van der Waals surface area contributed by atoms with E-state index >= 15 is 0 Å². The molecule has 124 valence electrons. The van der Waals surface area contributed by atoms with E-state index in [0.29, 0.717) is 19.6 Å². The van der Waals surface area contributed by atoms with E-state index in [1.807, 2.05) is 6.07 Å². The van der Waals surface area contributed by atoms with E-state index in [0.717, 1.165) is 43.2 Å². The number of phenolic OH excluding ortho intramolecular Hbond substituents is 2. The first kappa shape index (κ1) is 17.1. The summed E-state index contributed by atoms with van der Waals surface area (Å²) in [7, 11) is 0. The lowest BCUT2D eigenvalue weighted by Gasteiger charge is -2.33. The quantitative estimate of drug-likeness (QED) is 0.438. The summed E-state index contributed by atoms with van der Waals surface area (Å²) in [4.78, 5) is 11.5. The first-order valence-electron chi connectivity index (χ1n) is 8.25. The van der Waals surface area contributed by atoms with Crippen molar-refractivity contribution in [1.29, 1.82) is 0 Å². The second-order valence-electron chi connectivity index (χ2n) is 5.77. The summed E-state index contributed by atoms with van der Waals surface area (Å²) in [5.74, 6) is -0.0284. The van der Waals surface area contributed by atoms with Gasteiger partial charge in [-0.1, -0.05) is 31.6 Å². The topological polar surface area (TPSA) is 62.2 Å². The first-order valence-corrected chi connectivity index (χ1v) is 8.25. The Labute approximate surface area is 132 Å². The number of nitrogens with zero attached hydrogens (tertiary/aromatic N) is 1. The Morgan fingerprint density at radius 1 is 1.14 bits per heavy atom. The molecule has 0 aromatic heterocycles. The zero-order valence-corrected chi connectivity index (χ0v) is 13.5. The molecule has 2 N–H and O–H groups in total. The van der Waals surface area contributed by atoms with Crippen molar-refractivity contribution in [2.45, 2.75) is 58.4 Å². The normalized spacial score (nSPS) is 17.7. The van der Waals surface area contributed by atoms with Crippen LogP contribution in [0.15, 0.2) is 12.1 Å². The van der Waals surface area contributed by atoms with Crippen LogP contribution in [0.2, 0.25) is 0 Å². The number of hydroxylamine groups is 2. The van der Waals surface area contributed by atoms with Crippen molar-refractivity contribution >= 4 is 0 Å². The number of fused-ring (bicyclic) bond motifs is 1. The smallest absolute Gasteiger partial charge is 0.160 e. The number of phenols is 2. The number of rotatable bonds is 8. The van der Waals surface area contributed by atoms with Gasteiger partial charge in [-0.25, -0.2) is 0 Å². The minimum atomic E-state index is -0.0458. The Hall–Kier alpha value is -1.30. The van der Waals surface area contributed by atoms with Crippen LogP contribution >= 0.6 is 0 Å². The zero-order chi connectivity index (χ0) is 15.9. The minimum Gasteiger partial charge on any atom is -0.504 e. The lowest BCUT2D eigenvalue weighted by molar-refractivity contribution is -0.389. The second-order valence-corrected chi connectivity index (χ2v) is 5.77. The largest absolute Gasteiger partial charge is 0.504 e. The van der Waals surface area contributed by atoms with Gasteiger partial charge in [0.25, 0.3) is 0 Å². The van der Waals surface area contributed by atoms with Gasteiger partial charge in [-0.2, -0.15) is 0 Å². The van der Waals surface area contributed by atoms with Crippen LogP contribution in [-0.4, -0.2) is 34.7 Å². The minimum absolute atomic E-state index is 0.0175. The van der Waals surface area contributed by atoms with E-state index in [9.17, 15) is 10.2 Å². The fourth-order valence-electron chi connectivity index (χ4n) is 2.71. The van der Waals surface area contributed by atoms with Crippen molar-refractivity contribution in [2.24, 2.45) is 0 Å². The van der Waals surface area contributed by atoms with Crippen LogP contribution in [0.3, 0.4) is 0 Å². The summed E-state index contributed by atoms with van der Waals surface area (Å²) in [5.41, 5.74) is 1.90. The molecule has 0 saturated heterocycles. The number of unbranched alkanes of at least 4 members (excludes halogenated alkanes) is 1. The summed E-state index contributed by atoms with van der Waals surface area (Å²) in [6, 6.07) is 3.56. The molecule has 0 bridgehead atoms. The molecule has 0 aliphatic heterocycles. The van der Waals surface area contributed by atoms with E-state index < -0.39 is 0 Å². The van der Waals surface area contributed by atoms with Gasteiger partial charge in [0.2, 0.25) is 0 Å². The van der Waals surface area contributed by atoms with Crippen molar-refractivity contribution in [1.82, 2.24) is 5.23 Å². The lowest BCUT2D eigenvalue weighted by atomic mass is 9.87. The second kappa shape index (κ2) is 8.36. The molecule has 2 rings (SSSR count). The molecule has 1 aromatic carbocycles. The molecule has 1 atom stereocenters. The average Bonchev–Trinajstić information content (AvgIpc) is 2.54. The number of aromatic hydroxyl groups is 2. The van der Waals surface area contributed by atoms with Gasteiger partial charge in [-0.3, -0.25) is 9.68 Å². The van der Waals surface area contributed by atoms with E-state index in [4.69, 9.17) is 9.68 Å². The maximum Gasteiger partial charge on any atom is 0.160 e. The summed E-state index contributed by atoms with van der Waals surface area (Å²) in [6.07, 6.45) is 5.32. The highest BCUT2D eigenvalue weighted by Crippen LogP contribution is 2.36. The Morgan fingerprint density at radius 2 is 1.91 bits per heavy atom. The number of hydrogen-bond acceptors (Lipinski definition) is 5. The Bertz CT molecular complexity index is 478. The third kappa shape index (κ3) is 4.12. The first-order chi connectivity index (χ1) is 10.7. The van der Waals surface area contributed by atoms with Crippen molar-refractivity contribution in [2.75, 3.05) is 13.2 Å². The van der Waals surface area contributed by atoms with E-state index in [1.165, 1.54) is 0 Å². The van der Waals surface area contributed by atoms with Crippen LogP contribution in [0, 0.1) is 0 Å². The van der Waals surface area contributed by atoms with Crippen LogP contribution in [-0.2, 0) is 22.5 Å². The van der Waals surface area contributed by atoms with Gasteiger partial charge >= 0.3 is 0 Å². The predicted molar refractivity (Wildman–Crippen MR) is 84.5 cm³/mol. The molecule has 0 amide bonds. The van der Waals surface area contributed by atoms with Crippen LogP contribution in [0.1, 0.15) is 50.7 Å². The molecule has 0 fully saturated rings. The molecule has 5 heteroatoms. The molecule has 0 heterocycles.